The molecule has 0 aliphatic carbocycles. The van der Waals surface area contributed by atoms with Gasteiger partial charge in [0.05, 0.1) is 0 Å². The van der Waals surface area contributed by atoms with Crippen LogP contribution in [0.25, 0.3) is 0 Å². The number of hydrogen-bond acceptors (Lipinski definition) is 2. The first kappa shape index (κ1) is 8.04. The smallest absolute Gasteiger partial charge is 0.293 e. The molecule has 62 valence electrons. The van der Waals surface area contributed by atoms with Crippen LogP contribution in [0.4, 0.5) is 0 Å². The molecule has 4 nitrogen and oxygen atoms in total. The Labute approximate surface area is 65.2 Å². The van der Waals surface area contributed by atoms with Crippen LogP contribution in [0.15, 0.2) is 4.79 Å². The van der Waals surface area contributed by atoms with Crippen molar-refractivity contribution in [3.63, 3.8) is 0 Å². The van der Waals surface area contributed by atoms with Gasteiger partial charge in [0.25, 0.3) is 0 Å². The normalized spacial score (nSPS) is 13.4. The minimum absolute atomic E-state index is 0.139. The Morgan fingerprint density at radius 1 is 1.73 bits per heavy atom. The highest BCUT2D eigenvalue weighted by Gasteiger charge is 2.07. The third-order valence-corrected chi connectivity index (χ3v) is 1.87. The number of aryl methyl sites for hydroxylation is 1. The van der Waals surface area contributed by atoms with Gasteiger partial charge in [0.2, 0.25) is 0 Å². The summed E-state index contributed by atoms with van der Waals surface area (Å²) in [4.78, 5) is 13.6. The number of H-pyrrole nitrogens is 1. The average Bonchev–Trinajstić information content (AvgIpc) is 2.31. The minimum Gasteiger partial charge on any atom is -0.293 e. The summed E-state index contributed by atoms with van der Waals surface area (Å²) in [7, 11) is 1.64. The fourth-order valence-corrected chi connectivity index (χ4v) is 0.838. The lowest BCUT2D eigenvalue weighted by Gasteiger charge is -2.00. The molecule has 1 unspecified atom stereocenters. The highest BCUT2D eigenvalue weighted by atomic mass is 16.1. The fraction of sp³-hybridized carbons (Fsp3) is 0.714. The van der Waals surface area contributed by atoms with Crippen LogP contribution >= 0.6 is 0 Å². The van der Waals surface area contributed by atoms with Crippen molar-refractivity contribution < 1.29 is 0 Å². The van der Waals surface area contributed by atoms with Gasteiger partial charge in [0, 0.05) is 13.0 Å². The van der Waals surface area contributed by atoms with Crippen LogP contribution in [0.1, 0.15) is 32.0 Å². The van der Waals surface area contributed by atoms with Crippen LogP contribution in [-0.2, 0) is 7.05 Å². The fourth-order valence-electron chi connectivity index (χ4n) is 0.838. The van der Waals surface area contributed by atoms with Crippen LogP contribution in [0.5, 0.6) is 0 Å². The van der Waals surface area contributed by atoms with E-state index in [0.717, 1.165) is 12.2 Å². The molecule has 1 N–H and O–H groups in total. The SMILES string of the molecule is CCC(C)c1nn(C)c(=O)[nH]1. The minimum atomic E-state index is -0.139. The second-order valence-electron chi connectivity index (χ2n) is 2.75. The Bertz CT molecular complexity index is 286. The average molecular weight is 155 g/mol. The van der Waals surface area contributed by atoms with Crippen LogP contribution in [0.2, 0.25) is 0 Å². The van der Waals surface area contributed by atoms with Gasteiger partial charge >= 0.3 is 5.69 Å². The lowest BCUT2D eigenvalue weighted by atomic mass is 10.1. The first-order valence-electron chi connectivity index (χ1n) is 3.78. The molecule has 0 radical (unpaired) electrons. The molecule has 0 saturated carbocycles. The summed E-state index contributed by atoms with van der Waals surface area (Å²) >= 11 is 0. The maximum absolute atomic E-state index is 10.9. The first-order valence-corrected chi connectivity index (χ1v) is 3.78. The summed E-state index contributed by atoms with van der Waals surface area (Å²) in [6.07, 6.45) is 0.993. The molecule has 0 aliphatic rings. The molecule has 0 aliphatic heterocycles. The van der Waals surface area contributed by atoms with E-state index in [4.69, 9.17) is 0 Å². The molecule has 1 atom stereocenters. The quantitative estimate of drug-likeness (QED) is 0.680. The van der Waals surface area contributed by atoms with Gasteiger partial charge in [-0.1, -0.05) is 13.8 Å². The van der Waals surface area contributed by atoms with Gasteiger partial charge in [-0.15, -0.1) is 0 Å². The van der Waals surface area contributed by atoms with Crippen molar-refractivity contribution in [2.45, 2.75) is 26.2 Å². The molecule has 0 spiro atoms. The third-order valence-electron chi connectivity index (χ3n) is 1.87. The predicted molar refractivity (Wildman–Crippen MR) is 42.5 cm³/mol. The standard InChI is InChI=1S/C7H13N3O/c1-4-5(2)6-8-7(11)10(3)9-6/h5H,4H2,1-3H3,(H,8,9,11). The summed E-state index contributed by atoms with van der Waals surface area (Å²) in [5.41, 5.74) is -0.139. The van der Waals surface area contributed by atoms with Crippen molar-refractivity contribution in [1.82, 2.24) is 14.8 Å². The van der Waals surface area contributed by atoms with Gasteiger partial charge < -0.3 is 0 Å². The molecule has 0 saturated heterocycles. The molecule has 0 bridgehead atoms. The lowest BCUT2D eigenvalue weighted by Crippen LogP contribution is -2.13. The van der Waals surface area contributed by atoms with E-state index in [2.05, 4.69) is 17.0 Å². The van der Waals surface area contributed by atoms with Gasteiger partial charge in [0.15, 0.2) is 0 Å². The number of nitrogens with zero attached hydrogens (tertiary/aromatic N) is 2. The zero-order valence-corrected chi connectivity index (χ0v) is 7.09. The van der Waals surface area contributed by atoms with Crippen molar-refractivity contribution >= 4 is 0 Å². The molecule has 1 aromatic rings. The largest absolute Gasteiger partial charge is 0.343 e. The topological polar surface area (TPSA) is 50.7 Å². The van der Waals surface area contributed by atoms with E-state index in [9.17, 15) is 4.79 Å². The van der Waals surface area contributed by atoms with Gasteiger partial charge in [-0.3, -0.25) is 4.98 Å². The summed E-state index contributed by atoms with van der Waals surface area (Å²) in [6.45, 7) is 4.11. The Hall–Kier alpha value is -1.06. The number of nitrogens with one attached hydrogen (secondary N) is 1. The van der Waals surface area contributed by atoms with E-state index in [1.165, 1.54) is 4.68 Å². The highest BCUT2D eigenvalue weighted by Crippen LogP contribution is 2.10. The Morgan fingerprint density at radius 2 is 2.36 bits per heavy atom. The maximum Gasteiger partial charge on any atom is 0.343 e. The van der Waals surface area contributed by atoms with Crippen molar-refractivity contribution in [1.29, 1.82) is 0 Å². The van der Waals surface area contributed by atoms with Crippen molar-refractivity contribution in [3.05, 3.63) is 16.3 Å². The van der Waals surface area contributed by atoms with E-state index in [1.807, 2.05) is 6.92 Å². The van der Waals surface area contributed by atoms with Crippen LogP contribution < -0.4 is 5.69 Å². The van der Waals surface area contributed by atoms with Crippen molar-refractivity contribution in [3.8, 4) is 0 Å². The van der Waals surface area contributed by atoms with E-state index in [1.54, 1.807) is 7.05 Å². The van der Waals surface area contributed by atoms with Gasteiger partial charge in [-0.05, 0) is 6.42 Å². The second kappa shape index (κ2) is 2.90. The van der Waals surface area contributed by atoms with Gasteiger partial charge in [-0.2, -0.15) is 5.10 Å². The Balaban J connectivity index is 2.97. The molecule has 0 amide bonds. The summed E-state index contributed by atoms with van der Waals surface area (Å²) < 4.78 is 1.32. The van der Waals surface area contributed by atoms with E-state index in [-0.39, 0.29) is 5.69 Å². The molecule has 11 heavy (non-hydrogen) atoms. The Kier molecular flexibility index (Phi) is 2.12. The van der Waals surface area contributed by atoms with Gasteiger partial charge in [-0.25, -0.2) is 9.48 Å². The number of aromatic nitrogens is 3. The Morgan fingerprint density at radius 3 is 2.73 bits per heavy atom. The van der Waals surface area contributed by atoms with Crippen molar-refractivity contribution in [2.24, 2.45) is 7.05 Å². The zero-order valence-electron chi connectivity index (χ0n) is 7.09. The van der Waals surface area contributed by atoms with E-state index >= 15 is 0 Å². The highest BCUT2D eigenvalue weighted by molar-refractivity contribution is 4.90. The molecular weight excluding hydrogens is 142 g/mol. The molecular formula is C7H13N3O. The van der Waals surface area contributed by atoms with Crippen molar-refractivity contribution in [2.75, 3.05) is 0 Å². The molecule has 0 aromatic carbocycles. The molecule has 1 rings (SSSR count). The van der Waals surface area contributed by atoms with Crippen LogP contribution in [0.3, 0.4) is 0 Å². The zero-order chi connectivity index (χ0) is 8.43. The number of aromatic amines is 1. The van der Waals surface area contributed by atoms with Crippen LogP contribution in [-0.4, -0.2) is 14.8 Å². The second-order valence-corrected chi connectivity index (χ2v) is 2.75. The molecule has 1 aromatic heterocycles. The van der Waals surface area contributed by atoms with Crippen LogP contribution in [0, 0.1) is 0 Å². The first-order chi connectivity index (χ1) is 5.15. The number of rotatable bonds is 2. The summed E-state index contributed by atoms with van der Waals surface area (Å²) in [5.74, 6) is 1.11. The van der Waals surface area contributed by atoms with E-state index in [0.29, 0.717) is 5.92 Å². The maximum atomic E-state index is 10.9. The monoisotopic (exact) mass is 155 g/mol. The number of hydrogen-bond donors (Lipinski definition) is 1. The molecule has 4 heteroatoms. The summed E-state index contributed by atoms with van der Waals surface area (Å²) in [6, 6.07) is 0. The van der Waals surface area contributed by atoms with Gasteiger partial charge in [0.1, 0.15) is 5.82 Å². The predicted octanol–water partition coefficient (Wildman–Crippen LogP) is 0.622. The third kappa shape index (κ3) is 1.50. The lowest BCUT2D eigenvalue weighted by molar-refractivity contribution is 0.653. The molecule has 0 fully saturated rings. The van der Waals surface area contributed by atoms with E-state index < -0.39 is 0 Å². The summed E-state index contributed by atoms with van der Waals surface area (Å²) in [5, 5.41) is 4.03. The molecule has 1 heterocycles.